The van der Waals surface area contributed by atoms with Gasteiger partial charge in [-0.2, -0.15) is 0 Å². The summed E-state index contributed by atoms with van der Waals surface area (Å²) in [5, 5.41) is 10.3. The van der Waals surface area contributed by atoms with Crippen LogP contribution in [-0.4, -0.2) is 72.1 Å². The number of carbonyl (C=O) groups is 2. The summed E-state index contributed by atoms with van der Waals surface area (Å²) in [6.45, 7) is 2.54. The average Bonchev–Trinajstić information content (AvgIpc) is 2.95. The predicted octanol–water partition coefficient (Wildman–Crippen LogP) is 0.461. The molecule has 9 nitrogen and oxygen atoms in total. The van der Waals surface area contributed by atoms with Crippen LogP contribution in [0.5, 0.6) is 0 Å². The van der Waals surface area contributed by atoms with Crippen LogP contribution < -0.4 is 11.0 Å². The van der Waals surface area contributed by atoms with E-state index in [1.807, 2.05) is 70.5 Å². The quantitative estimate of drug-likeness (QED) is 0.460. The van der Waals surface area contributed by atoms with E-state index in [-0.39, 0.29) is 38.1 Å². The molecular formula is C23H30N4O5. The zero-order valence-electron chi connectivity index (χ0n) is 18.0. The highest BCUT2D eigenvalue weighted by Crippen LogP contribution is 2.05. The third-order valence-electron chi connectivity index (χ3n) is 4.94. The lowest BCUT2D eigenvalue weighted by molar-refractivity contribution is -0.136. The molecule has 2 aromatic carbocycles. The van der Waals surface area contributed by atoms with Crippen LogP contribution in [0.25, 0.3) is 0 Å². The van der Waals surface area contributed by atoms with Gasteiger partial charge in [0.05, 0.1) is 32.4 Å². The average molecular weight is 443 g/mol. The van der Waals surface area contributed by atoms with E-state index in [4.69, 9.17) is 9.68 Å². The van der Waals surface area contributed by atoms with Crippen molar-refractivity contribution < 1.29 is 24.4 Å². The summed E-state index contributed by atoms with van der Waals surface area (Å²) in [5.74, 6) is -0.567. The molecule has 1 saturated heterocycles. The number of aliphatic hydroxyl groups excluding tert-OH is 1. The number of amides is 2. The second-order valence-corrected chi connectivity index (χ2v) is 7.72. The molecule has 2 aromatic rings. The minimum absolute atomic E-state index is 0.103. The first-order valence-electron chi connectivity index (χ1n) is 10.6. The third kappa shape index (κ3) is 8.74. The van der Waals surface area contributed by atoms with E-state index in [0.29, 0.717) is 26.2 Å². The summed E-state index contributed by atoms with van der Waals surface area (Å²) in [4.78, 5) is 38.5. The van der Waals surface area contributed by atoms with Gasteiger partial charge in [0.2, 0.25) is 0 Å². The van der Waals surface area contributed by atoms with Crippen molar-refractivity contribution in [2.75, 3.05) is 39.3 Å². The van der Waals surface area contributed by atoms with Crippen LogP contribution in [-0.2, 0) is 32.5 Å². The van der Waals surface area contributed by atoms with Gasteiger partial charge in [-0.15, -0.1) is 0 Å². The minimum Gasteiger partial charge on any atom is -0.390 e. The first kappa shape index (κ1) is 23.8. The largest absolute Gasteiger partial charge is 0.390 e. The molecule has 0 bridgehead atoms. The van der Waals surface area contributed by atoms with Gasteiger partial charge in [0, 0.05) is 26.2 Å². The Morgan fingerprint density at radius 1 is 0.781 bits per heavy atom. The molecule has 172 valence electrons. The van der Waals surface area contributed by atoms with Crippen molar-refractivity contribution in [1.29, 1.82) is 0 Å². The molecule has 1 aliphatic heterocycles. The standard InChI is InChI=1S/C23H30N4O5/c28-21-13-26(15-22(29)24-31-17-19-7-3-1-4-8-19)11-12-27(14-21)16-23(30)25-32-18-20-9-5-2-6-10-20/h1-10,21,28H,11-18H2,(H,24,29)(H,25,30). The second kappa shape index (κ2) is 12.9. The number of hydrogen-bond acceptors (Lipinski definition) is 7. The summed E-state index contributed by atoms with van der Waals surface area (Å²) in [5.41, 5.74) is 6.79. The van der Waals surface area contributed by atoms with E-state index in [1.165, 1.54) is 0 Å². The van der Waals surface area contributed by atoms with Crippen molar-refractivity contribution in [3.05, 3.63) is 71.8 Å². The number of hydrogen-bond donors (Lipinski definition) is 3. The van der Waals surface area contributed by atoms with Crippen molar-refractivity contribution >= 4 is 11.8 Å². The summed E-state index contributed by atoms with van der Waals surface area (Å²) < 4.78 is 0. The minimum atomic E-state index is -0.673. The lowest BCUT2D eigenvalue weighted by atomic mass is 10.2. The number of benzene rings is 2. The van der Waals surface area contributed by atoms with Gasteiger partial charge in [-0.05, 0) is 11.1 Å². The van der Waals surface area contributed by atoms with Gasteiger partial charge in [-0.25, -0.2) is 11.0 Å². The highest BCUT2D eigenvalue weighted by Gasteiger charge is 2.24. The van der Waals surface area contributed by atoms with E-state index in [1.54, 1.807) is 0 Å². The molecule has 2 amide bonds. The molecule has 0 saturated carbocycles. The molecule has 0 aromatic heterocycles. The van der Waals surface area contributed by atoms with Gasteiger partial charge >= 0.3 is 0 Å². The molecule has 0 aliphatic carbocycles. The Balaban J connectivity index is 1.34. The molecule has 1 fully saturated rings. The Morgan fingerprint density at radius 2 is 1.19 bits per heavy atom. The molecule has 32 heavy (non-hydrogen) atoms. The van der Waals surface area contributed by atoms with Gasteiger partial charge in [-0.3, -0.25) is 29.1 Å². The number of rotatable bonds is 10. The predicted molar refractivity (Wildman–Crippen MR) is 118 cm³/mol. The number of β-amino-alcohol motifs (C(OH)–C–C–N with tert-alkyl or cyclic N) is 1. The zero-order chi connectivity index (χ0) is 22.6. The zero-order valence-corrected chi connectivity index (χ0v) is 18.0. The Kier molecular flexibility index (Phi) is 9.60. The maximum atomic E-state index is 12.2. The lowest BCUT2D eigenvalue weighted by Gasteiger charge is -2.20. The molecule has 0 unspecified atom stereocenters. The fourth-order valence-corrected chi connectivity index (χ4v) is 3.43. The highest BCUT2D eigenvalue weighted by molar-refractivity contribution is 5.77. The van der Waals surface area contributed by atoms with Crippen molar-refractivity contribution in [3.63, 3.8) is 0 Å². The maximum absolute atomic E-state index is 12.2. The van der Waals surface area contributed by atoms with Gasteiger partial charge in [0.15, 0.2) is 0 Å². The highest BCUT2D eigenvalue weighted by atomic mass is 16.7. The molecule has 3 rings (SSSR count). The first-order valence-corrected chi connectivity index (χ1v) is 10.6. The van der Waals surface area contributed by atoms with Crippen LogP contribution in [0.4, 0.5) is 0 Å². The maximum Gasteiger partial charge on any atom is 0.257 e. The molecule has 1 aliphatic rings. The van der Waals surface area contributed by atoms with E-state index in [0.717, 1.165) is 11.1 Å². The Morgan fingerprint density at radius 3 is 1.59 bits per heavy atom. The van der Waals surface area contributed by atoms with E-state index < -0.39 is 6.10 Å². The molecule has 1 heterocycles. The number of nitrogens with zero attached hydrogens (tertiary/aromatic N) is 2. The summed E-state index contributed by atoms with van der Waals surface area (Å²) in [6.07, 6.45) is -0.673. The van der Waals surface area contributed by atoms with Crippen LogP contribution in [0.15, 0.2) is 60.7 Å². The van der Waals surface area contributed by atoms with Crippen LogP contribution in [0.3, 0.4) is 0 Å². The normalized spacial score (nSPS) is 15.8. The van der Waals surface area contributed by atoms with Gasteiger partial charge in [0.1, 0.15) is 0 Å². The molecule has 9 heteroatoms. The van der Waals surface area contributed by atoms with Gasteiger partial charge < -0.3 is 5.11 Å². The fourth-order valence-electron chi connectivity index (χ4n) is 3.43. The van der Waals surface area contributed by atoms with E-state index in [2.05, 4.69) is 11.0 Å². The number of hydroxylamine groups is 2. The number of aliphatic hydroxyl groups is 1. The van der Waals surface area contributed by atoms with Gasteiger partial charge in [0.25, 0.3) is 11.8 Å². The number of nitrogens with one attached hydrogen (secondary N) is 2. The molecule has 0 atom stereocenters. The van der Waals surface area contributed by atoms with Crippen LogP contribution >= 0.6 is 0 Å². The Labute approximate surface area is 187 Å². The Bertz CT molecular complexity index is 767. The van der Waals surface area contributed by atoms with E-state index >= 15 is 0 Å². The topological polar surface area (TPSA) is 103 Å². The van der Waals surface area contributed by atoms with E-state index in [9.17, 15) is 14.7 Å². The van der Waals surface area contributed by atoms with Crippen LogP contribution in [0.1, 0.15) is 11.1 Å². The molecule has 0 spiro atoms. The molecule has 3 N–H and O–H groups in total. The Hall–Kier alpha value is -2.82. The smallest absolute Gasteiger partial charge is 0.257 e. The number of carbonyl (C=O) groups excluding carboxylic acids is 2. The molecule has 0 radical (unpaired) electrons. The summed E-state index contributed by atoms with van der Waals surface area (Å²) >= 11 is 0. The molecular weight excluding hydrogens is 412 g/mol. The SMILES string of the molecule is O=C(CN1CCN(CC(=O)NOCc2ccccc2)CC(O)C1)NOCc1ccccc1. The fraction of sp³-hybridized carbons (Fsp3) is 0.391. The van der Waals surface area contributed by atoms with Crippen molar-refractivity contribution in [2.45, 2.75) is 19.3 Å². The first-order chi connectivity index (χ1) is 15.6. The second-order valence-electron chi connectivity index (χ2n) is 7.72. The lowest BCUT2D eigenvalue weighted by Crippen LogP contribution is -2.41. The monoisotopic (exact) mass is 442 g/mol. The summed E-state index contributed by atoms with van der Waals surface area (Å²) in [7, 11) is 0. The van der Waals surface area contributed by atoms with Crippen molar-refractivity contribution in [2.24, 2.45) is 0 Å². The van der Waals surface area contributed by atoms with Crippen molar-refractivity contribution in [3.8, 4) is 0 Å². The summed E-state index contributed by atoms with van der Waals surface area (Å²) in [6, 6.07) is 19.1. The van der Waals surface area contributed by atoms with Crippen LogP contribution in [0.2, 0.25) is 0 Å². The van der Waals surface area contributed by atoms with Crippen molar-refractivity contribution in [1.82, 2.24) is 20.8 Å². The van der Waals surface area contributed by atoms with Gasteiger partial charge in [-0.1, -0.05) is 60.7 Å². The third-order valence-corrected chi connectivity index (χ3v) is 4.94. The van der Waals surface area contributed by atoms with Crippen LogP contribution in [0, 0.1) is 0 Å².